The summed E-state index contributed by atoms with van der Waals surface area (Å²) < 4.78 is 11.5. The van der Waals surface area contributed by atoms with Crippen LogP contribution in [0.2, 0.25) is 0 Å². The monoisotopic (exact) mass is 338 g/mol. The van der Waals surface area contributed by atoms with Gasteiger partial charge in [-0.3, -0.25) is 4.79 Å². The summed E-state index contributed by atoms with van der Waals surface area (Å²) >= 11 is 3.36. The van der Waals surface area contributed by atoms with Crippen LogP contribution in [0, 0.1) is 6.92 Å². The van der Waals surface area contributed by atoms with Gasteiger partial charge in [-0.1, -0.05) is 34.1 Å². The van der Waals surface area contributed by atoms with Crippen LogP contribution in [0.25, 0.3) is 0 Å². The van der Waals surface area contributed by atoms with E-state index in [-0.39, 0.29) is 5.91 Å². The van der Waals surface area contributed by atoms with Gasteiger partial charge in [-0.25, -0.2) is 0 Å². The first-order valence-corrected chi connectivity index (χ1v) is 7.04. The van der Waals surface area contributed by atoms with Gasteiger partial charge >= 0.3 is 0 Å². The van der Waals surface area contributed by atoms with Crippen LogP contribution in [0.3, 0.4) is 0 Å². The molecule has 1 heterocycles. The summed E-state index contributed by atoms with van der Waals surface area (Å²) in [6.45, 7) is 3.65. The Balaban J connectivity index is 2.02. The number of hydrogen-bond donors (Lipinski definition) is 1. The van der Waals surface area contributed by atoms with Gasteiger partial charge in [0.15, 0.2) is 11.9 Å². The number of benzene rings is 1. The average molecular weight is 339 g/mol. The van der Waals surface area contributed by atoms with Crippen molar-refractivity contribution in [3.8, 4) is 5.75 Å². The molecule has 2 aromatic rings. The number of halogens is 1. The van der Waals surface area contributed by atoms with Crippen molar-refractivity contribution in [2.24, 2.45) is 0 Å². The molecule has 106 valence electrons. The highest BCUT2D eigenvalue weighted by Crippen LogP contribution is 2.20. The Morgan fingerprint density at radius 3 is 2.90 bits per heavy atom. The van der Waals surface area contributed by atoms with E-state index < -0.39 is 6.10 Å². The Bertz CT molecular complexity index is 598. The largest absolute Gasteiger partial charge is 0.481 e. The molecule has 6 heteroatoms. The molecule has 0 saturated heterocycles. The maximum absolute atomic E-state index is 12.1. The quantitative estimate of drug-likeness (QED) is 0.905. The predicted octanol–water partition coefficient (Wildman–Crippen LogP) is 3.54. The lowest BCUT2D eigenvalue weighted by Gasteiger charge is -2.16. The van der Waals surface area contributed by atoms with E-state index >= 15 is 0 Å². The molecule has 0 unspecified atom stereocenters. The van der Waals surface area contributed by atoms with Crippen LogP contribution in [0.15, 0.2) is 39.3 Å². The summed E-state index contributed by atoms with van der Waals surface area (Å²) in [5.74, 6) is 1.42. The van der Waals surface area contributed by atoms with Gasteiger partial charge in [0, 0.05) is 10.5 Å². The number of nitrogens with zero attached hydrogens (tertiary/aromatic N) is 1. The molecule has 0 radical (unpaired) electrons. The van der Waals surface area contributed by atoms with Crippen molar-refractivity contribution in [3.05, 3.63) is 40.6 Å². The van der Waals surface area contributed by atoms with Crippen LogP contribution in [0.5, 0.6) is 5.75 Å². The van der Waals surface area contributed by atoms with Gasteiger partial charge in [0.1, 0.15) is 11.5 Å². The second kappa shape index (κ2) is 6.56. The van der Waals surface area contributed by atoms with Crippen molar-refractivity contribution in [1.29, 1.82) is 0 Å². The van der Waals surface area contributed by atoms with Gasteiger partial charge in [0.25, 0.3) is 5.91 Å². The number of aryl methyl sites for hydroxylation is 1. The van der Waals surface area contributed by atoms with E-state index in [0.29, 0.717) is 23.7 Å². The Labute approximate surface area is 125 Å². The minimum absolute atomic E-state index is 0.249. The molecule has 1 aromatic carbocycles. The molecule has 5 nitrogen and oxygen atoms in total. The minimum Gasteiger partial charge on any atom is -0.481 e. The van der Waals surface area contributed by atoms with Gasteiger partial charge in [-0.15, -0.1) is 0 Å². The molecule has 0 fully saturated rings. The molecular formula is C14H15BrN2O3. The predicted molar refractivity (Wildman–Crippen MR) is 78.7 cm³/mol. The third-order valence-corrected chi connectivity index (χ3v) is 3.11. The van der Waals surface area contributed by atoms with Crippen LogP contribution in [-0.2, 0) is 4.79 Å². The molecule has 1 atom stereocenters. The van der Waals surface area contributed by atoms with Crippen LogP contribution in [-0.4, -0.2) is 17.2 Å². The lowest BCUT2D eigenvalue weighted by Crippen LogP contribution is -2.32. The van der Waals surface area contributed by atoms with E-state index in [4.69, 9.17) is 9.26 Å². The fourth-order valence-corrected chi connectivity index (χ4v) is 2.04. The standard InChI is InChI=1S/C14H15BrN2O3/c1-3-12(19-11-6-4-5-10(15)8-11)14(18)16-13-7-9(2)20-17-13/h4-8,12H,3H2,1-2H3,(H,16,17,18)/t12-/m0/s1. The molecule has 0 saturated carbocycles. The lowest BCUT2D eigenvalue weighted by molar-refractivity contribution is -0.122. The first-order chi connectivity index (χ1) is 9.58. The second-order valence-electron chi connectivity index (χ2n) is 4.28. The Kier molecular flexibility index (Phi) is 4.79. The number of aromatic nitrogens is 1. The molecule has 1 aromatic heterocycles. The van der Waals surface area contributed by atoms with Gasteiger partial charge < -0.3 is 14.6 Å². The number of carbonyl (C=O) groups excluding carboxylic acids is 1. The fraction of sp³-hybridized carbons (Fsp3) is 0.286. The molecule has 0 aliphatic rings. The number of carbonyl (C=O) groups is 1. The van der Waals surface area contributed by atoms with Crippen LogP contribution in [0.1, 0.15) is 19.1 Å². The Morgan fingerprint density at radius 2 is 2.30 bits per heavy atom. The Morgan fingerprint density at radius 1 is 1.50 bits per heavy atom. The number of anilines is 1. The molecule has 20 heavy (non-hydrogen) atoms. The first kappa shape index (κ1) is 14.6. The summed E-state index contributed by atoms with van der Waals surface area (Å²) in [5, 5.41) is 6.39. The molecular weight excluding hydrogens is 324 g/mol. The normalized spacial score (nSPS) is 11.9. The molecule has 0 bridgehead atoms. The number of hydrogen-bond acceptors (Lipinski definition) is 4. The van der Waals surface area contributed by atoms with Gasteiger partial charge in [-0.2, -0.15) is 0 Å². The summed E-state index contributed by atoms with van der Waals surface area (Å²) in [5.41, 5.74) is 0. The summed E-state index contributed by atoms with van der Waals surface area (Å²) in [6.07, 6.45) is -0.0313. The molecule has 1 N–H and O–H groups in total. The van der Waals surface area contributed by atoms with Crippen molar-refractivity contribution in [2.45, 2.75) is 26.4 Å². The van der Waals surface area contributed by atoms with Crippen molar-refractivity contribution in [1.82, 2.24) is 5.16 Å². The van der Waals surface area contributed by atoms with Gasteiger partial charge in [0.05, 0.1) is 0 Å². The highest BCUT2D eigenvalue weighted by Gasteiger charge is 2.19. The molecule has 2 rings (SSSR count). The smallest absolute Gasteiger partial charge is 0.266 e. The molecule has 0 aliphatic heterocycles. The summed E-state index contributed by atoms with van der Waals surface area (Å²) in [4.78, 5) is 12.1. The number of rotatable bonds is 5. The third kappa shape index (κ3) is 3.84. The van der Waals surface area contributed by atoms with Crippen LogP contribution < -0.4 is 10.1 Å². The van der Waals surface area contributed by atoms with Crippen LogP contribution in [0.4, 0.5) is 5.82 Å². The summed E-state index contributed by atoms with van der Waals surface area (Å²) in [7, 11) is 0. The number of amides is 1. The zero-order valence-electron chi connectivity index (χ0n) is 11.2. The fourth-order valence-electron chi connectivity index (χ4n) is 1.66. The zero-order chi connectivity index (χ0) is 14.5. The van der Waals surface area contributed by atoms with E-state index in [1.54, 1.807) is 19.1 Å². The minimum atomic E-state index is -0.582. The Hall–Kier alpha value is -1.82. The SMILES string of the molecule is CC[C@H](Oc1cccc(Br)c1)C(=O)Nc1cc(C)on1. The van der Waals surface area contributed by atoms with Gasteiger partial charge in [0.2, 0.25) is 0 Å². The van der Waals surface area contributed by atoms with E-state index in [2.05, 4.69) is 26.4 Å². The average Bonchev–Trinajstić information content (AvgIpc) is 2.81. The number of nitrogens with one attached hydrogen (secondary N) is 1. The maximum Gasteiger partial charge on any atom is 0.266 e. The van der Waals surface area contributed by atoms with Gasteiger partial charge in [-0.05, 0) is 31.5 Å². The van der Waals surface area contributed by atoms with Crippen LogP contribution >= 0.6 is 15.9 Å². The lowest BCUT2D eigenvalue weighted by atomic mass is 10.2. The zero-order valence-corrected chi connectivity index (χ0v) is 12.8. The van der Waals surface area contributed by atoms with E-state index in [0.717, 1.165) is 4.47 Å². The second-order valence-corrected chi connectivity index (χ2v) is 5.20. The van der Waals surface area contributed by atoms with E-state index in [1.165, 1.54) is 0 Å². The van der Waals surface area contributed by atoms with Crippen molar-refractivity contribution >= 4 is 27.7 Å². The highest BCUT2D eigenvalue weighted by atomic mass is 79.9. The number of ether oxygens (including phenoxy) is 1. The third-order valence-electron chi connectivity index (χ3n) is 2.62. The molecule has 1 amide bonds. The summed E-state index contributed by atoms with van der Waals surface area (Å²) in [6, 6.07) is 9.03. The van der Waals surface area contributed by atoms with E-state index in [9.17, 15) is 4.79 Å². The molecule has 0 spiro atoms. The van der Waals surface area contributed by atoms with E-state index in [1.807, 2.05) is 25.1 Å². The topological polar surface area (TPSA) is 64.4 Å². The van der Waals surface area contributed by atoms with Crippen molar-refractivity contribution < 1.29 is 14.1 Å². The maximum atomic E-state index is 12.1. The van der Waals surface area contributed by atoms with Crippen molar-refractivity contribution in [3.63, 3.8) is 0 Å². The highest BCUT2D eigenvalue weighted by molar-refractivity contribution is 9.10. The van der Waals surface area contributed by atoms with Crippen molar-refractivity contribution in [2.75, 3.05) is 5.32 Å². The molecule has 0 aliphatic carbocycles. The first-order valence-electron chi connectivity index (χ1n) is 6.25.